The van der Waals surface area contributed by atoms with Crippen LogP contribution >= 0.6 is 0 Å². The van der Waals surface area contributed by atoms with E-state index < -0.39 is 0 Å². The number of ether oxygens (including phenoxy) is 1. The Morgan fingerprint density at radius 2 is 2.13 bits per heavy atom. The maximum absolute atomic E-state index is 12.0. The van der Waals surface area contributed by atoms with Crippen LogP contribution in [0.25, 0.3) is 0 Å². The first-order chi connectivity index (χ1) is 11.2. The minimum Gasteiger partial charge on any atom is -0.369 e. The van der Waals surface area contributed by atoms with Crippen LogP contribution in [0.2, 0.25) is 0 Å². The molecule has 0 radical (unpaired) electrons. The lowest BCUT2D eigenvalue weighted by atomic mass is 10.2. The summed E-state index contributed by atoms with van der Waals surface area (Å²) in [6.45, 7) is 1.47. The van der Waals surface area contributed by atoms with E-state index in [1.807, 2.05) is 37.4 Å². The Morgan fingerprint density at radius 3 is 2.78 bits per heavy atom. The number of hydrogen-bond acceptors (Lipinski definition) is 4. The van der Waals surface area contributed by atoms with Crippen LogP contribution in [0, 0.1) is 0 Å². The van der Waals surface area contributed by atoms with Gasteiger partial charge in [-0.2, -0.15) is 0 Å². The maximum Gasteiger partial charge on any atom is 0.254 e. The molecular weight excluding hydrogens is 290 g/mol. The molecule has 5 nitrogen and oxygen atoms in total. The number of aromatic nitrogens is 1. The van der Waals surface area contributed by atoms with Gasteiger partial charge in [0.15, 0.2) is 0 Å². The molecule has 5 heteroatoms. The largest absolute Gasteiger partial charge is 0.369 e. The summed E-state index contributed by atoms with van der Waals surface area (Å²) in [7, 11) is 2.02. The third-order valence-corrected chi connectivity index (χ3v) is 3.92. The van der Waals surface area contributed by atoms with Gasteiger partial charge in [-0.25, -0.2) is 4.98 Å². The van der Waals surface area contributed by atoms with E-state index in [0.29, 0.717) is 12.4 Å². The number of nitrogens with zero attached hydrogens (tertiary/aromatic N) is 2. The van der Waals surface area contributed by atoms with Gasteiger partial charge in [0.05, 0.1) is 11.9 Å². The van der Waals surface area contributed by atoms with Crippen LogP contribution in [0.4, 0.5) is 11.5 Å². The van der Waals surface area contributed by atoms with E-state index >= 15 is 0 Å². The van der Waals surface area contributed by atoms with Gasteiger partial charge in [0.2, 0.25) is 0 Å². The predicted molar refractivity (Wildman–Crippen MR) is 90.4 cm³/mol. The lowest BCUT2D eigenvalue weighted by Crippen LogP contribution is -2.27. The first-order valence-corrected chi connectivity index (χ1v) is 7.86. The summed E-state index contributed by atoms with van der Waals surface area (Å²) in [6, 6.07) is 14.1. The van der Waals surface area contributed by atoms with Gasteiger partial charge in [0, 0.05) is 20.2 Å². The number of carbonyl (C=O) groups is 1. The minimum absolute atomic E-state index is 0.111. The van der Waals surface area contributed by atoms with Gasteiger partial charge in [0.1, 0.15) is 11.9 Å². The molecule has 0 spiro atoms. The van der Waals surface area contributed by atoms with Gasteiger partial charge in [-0.1, -0.05) is 30.3 Å². The zero-order chi connectivity index (χ0) is 16.1. The fourth-order valence-electron chi connectivity index (χ4n) is 2.63. The predicted octanol–water partition coefficient (Wildman–Crippen LogP) is 2.84. The van der Waals surface area contributed by atoms with Crippen LogP contribution in [0.1, 0.15) is 18.4 Å². The van der Waals surface area contributed by atoms with E-state index in [4.69, 9.17) is 4.74 Å². The molecule has 1 aliphatic heterocycles. The van der Waals surface area contributed by atoms with Gasteiger partial charge in [0.25, 0.3) is 5.91 Å². The molecular formula is C18H21N3O2. The van der Waals surface area contributed by atoms with Crippen molar-refractivity contribution >= 4 is 17.4 Å². The highest BCUT2D eigenvalue weighted by atomic mass is 16.5. The average molecular weight is 311 g/mol. The molecule has 0 saturated carbocycles. The lowest BCUT2D eigenvalue weighted by molar-refractivity contribution is -0.124. The molecule has 0 bridgehead atoms. The van der Waals surface area contributed by atoms with Crippen LogP contribution in [0.15, 0.2) is 48.7 Å². The van der Waals surface area contributed by atoms with Crippen LogP contribution in [0.3, 0.4) is 0 Å². The van der Waals surface area contributed by atoms with Crippen LogP contribution in [-0.2, 0) is 16.1 Å². The summed E-state index contributed by atoms with van der Waals surface area (Å²) in [5.41, 5.74) is 2.25. The fourth-order valence-corrected chi connectivity index (χ4v) is 2.63. The quantitative estimate of drug-likeness (QED) is 0.922. The molecule has 1 unspecified atom stereocenters. The number of benzene rings is 1. The molecule has 1 atom stereocenters. The van der Waals surface area contributed by atoms with Crippen molar-refractivity contribution in [2.75, 3.05) is 23.9 Å². The van der Waals surface area contributed by atoms with Crippen LogP contribution in [0.5, 0.6) is 0 Å². The summed E-state index contributed by atoms with van der Waals surface area (Å²) >= 11 is 0. The number of carbonyl (C=O) groups excluding carboxylic acids is 1. The van der Waals surface area contributed by atoms with E-state index in [1.54, 1.807) is 6.20 Å². The van der Waals surface area contributed by atoms with E-state index in [-0.39, 0.29) is 12.0 Å². The summed E-state index contributed by atoms with van der Waals surface area (Å²) in [6.07, 6.45) is 3.16. The molecule has 1 saturated heterocycles. The number of nitrogens with one attached hydrogen (secondary N) is 1. The van der Waals surface area contributed by atoms with Gasteiger partial charge >= 0.3 is 0 Å². The third-order valence-electron chi connectivity index (χ3n) is 3.92. The van der Waals surface area contributed by atoms with Crippen molar-refractivity contribution in [1.29, 1.82) is 0 Å². The molecule has 1 amide bonds. The van der Waals surface area contributed by atoms with Crippen molar-refractivity contribution in [2.45, 2.75) is 25.5 Å². The fraction of sp³-hybridized carbons (Fsp3) is 0.333. The second-order valence-electron chi connectivity index (χ2n) is 5.73. The molecule has 2 aromatic rings. The molecule has 23 heavy (non-hydrogen) atoms. The Morgan fingerprint density at radius 1 is 1.30 bits per heavy atom. The minimum atomic E-state index is -0.336. The maximum atomic E-state index is 12.0. The Kier molecular flexibility index (Phi) is 4.88. The molecule has 120 valence electrons. The highest BCUT2D eigenvalue weighted by molar-refractivity contribution is 5.93. The van der Waals surface area contributed by atoms with E-state index in [1.165, 1.54) is 5.56 Å². The van der Waals surface area contributed by atoms with Crippen LogP contribution < -0.4 is 10.2 Å². The molecule has 1 N–H and O–H groups in total. The smallest absolute Gasteiger partial charge is 0.254 e. The second kappa shape index (κ2) is 7.24. The Labute approximate surface area is 136 Å². The van der Waals surface area contributed by atoms with E-state index in [0.717, 1.165) is 25.1 Å². The van der Waals surface area contributed by atoms with Crippen LogP contribution in [-0.4, -0.2) is 30.6 Å². The Balaban J connectivity index is 1.59. The van der Waals surface area contributed by atoms with Gasteiger partial charge < -0.3 is 15.0 Å². The number of anilines is 2. The second-order valence-corrected chi connectivity index (χ2v) is 5.73. The van der Waals surface area contributed by atoms with Crippen molar-refractivity contribution < 1.29 is 9.53 Å². The topological polar surface area (TPSA) is 54.5 Å². The number of rotatable bonds is 5. The SMILES string of the molecule is CN(Cc1ccccc1)c1ccc(NC(=O)C2CCCO2)nc1. The standard InChI is InChI=1S/C18H21N3O2/c1-21(13-14-6-3-2-4-7-14)15-9-10-17(19-12-15)20-18(22)16-8-5-11-23-16/h2-4,6-7,9-10,12,16H,5,8,11,13H2,1H3,(H,19,20,22). The molecule has 1 fully saturated rings. The highest BCUT2D eigenvalue weighted by Crippen LogP contribution is 2.18. The molecule has 0 aliphatic carbocycles. The zero-order valence-corrected chi connectivity index (χ0v) is 13.2. The Hall–Kier alpha value is -2.40. The summed E-state index contributed by atoms with van der Waals surface area (Å²) in [5.74, 6) is 0.447. The van der Waals surface area contributed by atoms with Gasteiger partial charge in [-0.15, -0.1) is 0 Å². The third kappa shape index (κ3) is 4.07. The number of hydrogen-bond donors (Lipinski definition) is 1. The zero-order valence-electron chi connectivity index (χ0n) is 13.2. The number of amides is 1. The molecule has 2 heterocycles. The molecule has 1 aromatic heterocycles. The highest BCUT2D eigenvalue weighted by Gasteiger charge is 2.23. The van der Waals surface area contributed by atoms with E-state index in [2.05, 4.69) is 27.3 Å². The van der Waals surface area contributed by atoms with Crippen molar-refractivity contribution in [3.63, 3.8) is 0 Å². The number of pyridine rings is 1. The van der Waals surface area contributed by atoms with Crippen molar-refractivity contribution in [3.05, 3.63) is 54.2 Å². The molecule has 1 aromatic carbocycles. The van der Waals surface area contributed by atoms with E-state index in [9.17, 15) is 4.79 Å². The van der Waals surface area contributed by atoms with Crippen molar-refractivity contribution in [2.24, 2.45) is 0 Å². The average Bonchev–Trinajstić information content (AvgIpc) is 3.11. The summed E-state index contributed by atoms with van der Waals surface area (Å²) < 4.78 is 5.37. The van der Waals surface area contributed by atoms with Crippen molar-refractivity contribution in [3.8, 4) is 0 Å². The Bertz CT molecular complexity index is 637. The first-order valence-electron chi connectivity index (χ1n) is 7.86. The summed E-state index contributed by atoms with van der Waals surface area (Å²) in [5, 5.41) is 2.81. The first kappa shape index (κ1) is 15.5. The van der Waals surface area contributed by atoms with Crippen molar-refractivity contribution in [1.82, 2.24) is 4.98 Å². The normalized spacial score (nSPS) is 17.0. The monoisotopic (exact) mass is 311 g/mol. The summed E-state index contributed by atoms with van der Waals surface area (Å²) in [4.78, 5) is 18.4. The van der Waals surface area contributed by atoms with Gasteiger partial charge in [-0.05, 0) is 30.5 Å². The lowest BCUT2D eigenvalue weighted by Gasteiger charge is -2.19. The van der Waals surface area contributed by atoms with Gasteiger partial charge in [-0.3, -0.25) is 4.79 Å². The molecule has 1 aliphatic rings. The molecule has 3 rings (SSSR count).